The van der Waals surface area contributed by atoms with E-state index in [0.717, 1.165) is 38.3 Å². The summed E-state index contributed by atoms with van der Waals surface area (Å²) in [5.74, 6) is 0.00139. The van der Waals surface area contributed by atoms with Gasteiger partial charge in [-0.25, -0.2) is 0 Å². The average Bonchev–Trinajstić information content (AvgIpc) is 2.86. The van der Waals surface area contributed by atoms with Crippen LogP contribution in [-0.2, 0) is 4.79 Å². The summed E-state index contributed by atoms with van der Waals surface area (Å²) in [6.07, 6.45) is 4.22. The van der Waals surface area contributed by atoms with Crippen molar-refractivity contribution in [3.8, 4) is 6.07 Å². The molecule has 5 heteroatoms. The molecule has 2 fully saturated rings. The van der Waals surface area contributed by atoms with Crippen LogP contribution in [0.25, 0.3) is 0 Å². The van der Waals surface area contributed by atoms with E-state index in [-0.39, 0.29) is 11.3 Å². The normalized spacial score (nSPS) is 20.3. The van der Waals surface area contributed by atoms with Gasteiger partial charge in [0.2, 0.25) is 5.91 Å². The second-order valence-corrected chi connectivity index (χ2v) is 5.48. The summed E-state index contributed by atoms with van der Waals surface area (Å²) in [4.78, 5) is 15.5. The van der Waals surface area contributed by atoms with E-state index < -0.39 is 0 Å². The van der Waals surface area contributed by atoms with Crippen molar-refractivity contribution < 1.29 is 4.79 Å². The van der Waals surface area contributed by atoms with E-state index in [1.165, 1.54) is 6.08 Å². The van der Waals surface area contributed by atoms with Gasteiger partial charge < -0.3 is 15.1 Å². The van der Waals surface area contributed by atoms with Gasteiger partial charge in [0.15, 0.2) is 0 Å². The van der Waals surface area contributed by atoms with Crippen molar-refractivity contribution in [2.75, 3.05) is 33.2 Å². The lowest BCUT2D eigenvalue weighted by molar-refractivity contribution is -0.137. The van der Waals surface area contributed by atoms with Crippen molar-refractivity contribution in [1.82, 2.24) is 15.1 Å². The molecular weight excluding hydrogens is 252 g/mol. The van der Waals surface area contributed by atoms with Gasteiger partial charge in [0.25, 0.3) is 0 Å². The number of hydrogen-bond donors (Lipinski definition) is 1. The molecule has 0 aromatic rings. The molecule has 106 valence electrons. The summed E-state index contributed by atoms with van der Waals surface area (Å²) in [7, 11) is 1.81. The van der Waals surface area contributed by atoms with Crippen LogP contribution in [0.15, 0.2) is 36.7 Å². The highest BCUT2D eigenvalue weighted by Gasteiger charge is 2.49. The third kappa shape index (κ3) is 2.42. The minimum absolute atomic E-state index is 0.00139. The van der Waals surface area contributed by atoms with E-state index in [9.17, 15) is 4.79 Å². The second kappa shape index (κ2) is 5.41. The molecule has 2 heterocycles. The quantitative estimate of drug-likeness (QED) is 0.468. The van der Waals surface area contributed by atoms with E-state index in [2.05, 4.69) is 29.4 Å². The van der Waals surface area contributed by atoms with E-state index in [1.54, 1.807) is 0 Å². The Hall–Kier alpha value is -2.22. The fraction of sp³-hybridized carbons (Fsp3) is 0.467. The van der Waals surface area contributed by atoms with Gasteiger partial charge in [0.1, 0.15) is 6.07 Å². The molecule has 0 aliphatic carbocycles. The molecule has 2 aliphatic rings. The molecule has 5 nitrogen and oxygen atoms in total. The highest BCUT2D eigenvalue weighted by atomic mass is 16.2. The van der Waals surface area contributed by atoms with E-state index >= 15 is 0 Å². The van der Waals surface area contributed by atoms with Crippen LogP contribution in [0.5, 0.6) is 0 Å². The number of likely N-dealkylation sites (tertiary alicyclic amines) is 2. The van der Waals surface area contributed by atoms with Crippen LogP contribution >= 0.6 is 0 Å². The molecule has 1 spiro atoms. The largest absolute Gasteiger partial charge is 0.392 e. The molecule has 0 unspecified atom stereocenters. The Kier molecular flexibility index (Phi) is 3.84. The maximum atomic E-state index is 11.5. The fourth-order valence-electron chi connectivity index (χ4n) is 3.01. The minimum atomic E-state index is 0.00139. The molecular formula is C15H20N4O. The third-order valence-electron chi connectivity index (χ3n) is 4.04. The average molecular weight is 272 g/mol. The fourth-order valence-corrected chi connectivity index (χ4v) is 3.01. The van der Waals surface area contributed by atoms with Gasteiger partial charge in [0.05, 0.1) is 11.3 Å². The van der Waals surface area contributed by atoms with Crippen LogP contribution in [0.2, 0.25) is 0 Å². The topological polar surface area (TPSA) is 59.4 Å². The maximum Gasteiger partial charge on any atom is 0.245 e. The molecule has 0 radical (unpaired) electrons. The number of carbonyl (C=O) groups excluding carboxylic acids is 1. The van der Waals surface area contributed by atoms with E-state index in [0.29, 0.717) is 5.57 Å². The first-order chi connectivity index (χ1) is 9.55. The van der Waals surface area contributed by atoms with Crippen molar-refractivity contribution in [2.24, 2.45) is 5.41 Å². The molecule has 0 bridgehead atoms. The molecule has 0 saturated carbocycles. The van der Waals surface area contributed by atoms with Gasteiger partial charge in [0, 0.05) is 44.8 Å². The number of nitrogens with one attached hydrogen (secondary N) is 1. The first-order valence-corrected chi connectivity index (χ1v) is 6.68. The zero-order valence-corrected chi connectivity index (χ0v) is 11.9. The highest BCUT2D eigenvalue weighted by Crippen LogP contribution is 2.41. The summed E-state index contributed by atoms with van der Waals surface area (Å²) in [6.45, 7) is 10.6. The third-order valence-corrected chi connectivity index (χ3v) is 4.04. The summed E-state index contributed by atoms with van der Waals surface area (Å²) in [5.41, 5.74) is 1.48. The van der Waals surface area contributed by atoms with Crippen molar-refractivity contribution >= 4 is 5.91 Å². The number of allylic oxidation sites excluding steroid dienone is 1. The standard InChI is InChI=1S/C15H20N4O/c1-4-14(20)19-10-15(11-19)5-6-18(9-15)13(8-17-3)12(2)7-16/h4,8,17H,1-2,5-6,9-11H2,3H3/b13-8+. The van der Waals surface area contributed by atoms with Gasteiger partial charge in [-0.2, -0.15) is 5.26 Å². The monoisotopic (exact) mass is 272 g/mol. The number of carbonyl (C=O) groups is 1. The Morgan fingerprint density at radius 2 is 2.05 bits per heavy atom. The minimum Gasteiger partial charge on any atom is -0.392 e. The van der Waals surface area contributed by atoms with Crippen molar-refractivity contribution in [1.29, 1.82) is 5.26 Å². The Balaban J connectivity index is 2.01. The van der Waals surface area contributed by atoms with Gasteiger partial charge in [-0.15, -0.1) is 0 Å². The van der Waals surface area contributed by atoms with Crippen LogP contribution in [0.4, 0.5) is 0 Å². The second-order valence-electron chi connectivity index (χ2n) is 5.48. The maximum absolute atomic E-state index is 11.5. The van der Waals surface area contributed by atoms with Crippen molar-refractivity contribution in [3.05, 3.63) is 36.7 Å². The predicted octanol–water partition coefficient (Wildman–Crippen LogP) is 0.847. The summed E-state index contributed by atoms with van der Waals surface area (Å²) >= 11 is 0. The molecule has 0 atom stereocenters. The van der Waals surface area contributed by atoms with Crippen LogP contribution < -0.4 is 5.32 Å². The summed E-state index contributed by atoms with van der Waals surface area (Å²) in [5, 5.41) is 12.0. The van der Waals surface area contributed by atoms with Gasteiger partial charge in [-0.1, -0.05) is 13.2 Å². The molecule has 0 aromatic heterocycles. The number of rotatable bonds is 4. The first-order valence-electron chi connectivity index (χ1n) is 6.68. The first kappa shape index (κ1) is 14.2. The Labute approximate surface area is 119 Å². The number of amides is 1. The van der Waals surface area contributed by atoms with E-state index in [4.69, 9.17) is 5.26 Å². The van der Waals surface area contributed by atoms with Gasteiger partial charge >= 0.3 is 0 Å². The lowest BCUT2D eigenvalue weighted by Crippen LogP contribution is -2.59. The smallest absolute Gasteiger partial charge is 0.245 e. The van der Waals surface area contributed by atoms with E-state index in [1.807, 2.05) is 18.1 Å². The highest BCUT2D eigenvalue weighted by molar-refractivity contribution is 5.87. The lowest BCUT2D eigenvalue weighted by Gasteiger charge is -2.47. The Bertz CT molecular complexity index is 508. The zero-order valence-electron chi connectivity index (χ0n) is 11.9. The lowest BCUT2D eigenvalue weighted by atomic mass is 9.79. The predicted molar refractivity (Wildman–Crippen MR) is 77.3 cm³/mol. The zero-order chi connectivity index (χ0) is 14.8. The molecule has 1 N–H and O–H groups in total. The SMILES string of the molecule is C=CC(=O)N1CC2(CCN(/C(=C/NC)C(=C)C#N)C2)C1. The Morgan fingerprint density at radius 1 is 1.40 bits per heavy atom. The summed E-state index contributed by atoms with van der Waals surface area (Å²) < 4.78 is 0. The van der Waals surface area contributed by atoms with Gasteiger partial charge in [-0.3, -0.25) is 4.79 Å². The van der Waals surface area contributed by atoms with Crippen LogP contribution in [0.3, 0.4) is 0 Å². The molecule has 0 aromatic carbocycles. The van der Waals surface area contributed by atoms with Crippen LogP contribution in [-0.4, -0.2) is 48.9 Å². The van der Waals surface area contributed by atoms with Crippen LogP contribution in [0, 0.1) is 16.7 Å². The van der Waals surface area contributed by atoms with Crippen molar-refractivity contribution in [3.63, 3.8) is 0 Å². The van der Waals surface area contributed by atoms with Crippen LogP contribution in [0.1, 0.15) is 6.42 Å². The number of nitriles is 1. The van der Waals surface area contributed by atoms with Crippen molar-refractivity contribution in [2.45, 2.75) is 6.42 Å². The molecule has 1 amide bonds. The van der Waals surface area contributed by atoms with Gasteiger partial charge in [-0.05, 0) is 12.5 Å². The Morgan fingerprint density at radius 3 is 2.60 bits per heavy atom. The molecule has 2 rings (SSSR count). The molecule has 2 aliphatic heterocycles. The number of nitrogens with zero attached hydrogens (tertiary/aromatic N) is 3. The molecule has 20 heavy (non-hydrogen) atoms. The summed E-state index contributed by atoms with van der Waals surface area (Å²) in [6, 6.07) is 2.10. The number of hydrogen-bond acceptors (Lipinski definition) is 4. The molecule has 2 saturated heterocycles.